The third kappa shape index (κ3) is 10.7. The predicted molar refractivity (Wildman–Crippen MR) is 165 cm³/mol. The molecule has 0 rings (SSSR count). The maximum absolute atomic E-state index is 14.1. The summed E-state index contributed by atoms with van der Waals surface area (Å²) in [6, 6.07) is -3.89. The van der Waals surface area contributed by atoms with E-state index in [1.165, 1.54) is 40.6 Å². The Bertz CT molecular complexity index is 950. The Kier molecular flexibility index (Phi) is 16.6. The van der Waals surface area contributed by atoms with E-state index in [-0.39, 0.29) is 29.6 Å². The minimum atomic E-state index is -1.32. The highest BCUT2D eigenvalue weighted by atomic mass is 16.3. The molecular formula is C31H57N5O6. The van der Waals surface area contributed by atoms with Gasteiger partial charge in [0, 0.05) is 42.2 Å². The number of carbonyl (C=O) groups is 5. The van der Waals surface area contributed by atoms with Crippen molar-refractivity contribution >= 4 is 29.5 Å². The molecule has 242 valence electrons. The molecule has 0 bridgehead atoms. The lowest BCUT2D eigenvalue weighted by atomic mass is 9.91. The van der Waals surface area contributed by atoms with Crippen LogP contribution in [-0.4, -0.2) is 120 Å². The normalized spacial score (nSPS) is 15.9. The number of carbonyl (C=O) groups excluding carboxylic acids is 5. The van der Waals surface area contributed by atoms with Gasteiger partial charge in [0.1, 0.15) is 24.2 Å². The average molecular weight is 596 g/mol. The van der Waals surface area contributed by atoms with E-state index >= 15 is 0 Å². The van der Waals surface area contributed by atoms with E-state index in [1.807, 2.05) is 32.9 Å². The van der Waals surface area contributed by atoms with Crippen molar-refractivity contribution in [1.82, 2.24) is 24.9 Å². The first-order valence-electron chi connectivity index (χ1n) is 14.9. The van der Waals surface area contributed by atoms with E-state index < -0.39 is 48.0 Å². The number of likely N-dealkylation sites (N-methyl/N-ethyl adjacent to an activating group) is 4. The van der Waals surface area contributed by atoms with Gasteiger partial charge < -0.3 is 30.0 Å². The molecule has 0 aliphatic heterocycles. The molecule has 11 nitrogen and oxygen atoms in total. The highest BCUT2D eigenvalue weighted by Crippen LogP contribution is 2.23. The Hall–Kier alpha value is -2.95. The lowest BCUT2D eigenvalue weighted by Gasteiger charge is -2.40. The van der Waals surface area contributed by atoms with Gasteiger partial charge in [-0.25, -0.2) is 0 Å². The molecule has 1 unspecified atom stereocenters. The monoisotopic (exact) mass is 595 g/mol. The quantitative estimate of drug-likeness (QED) is 0.263. The van der Waals surface area contributed by atoms with Crippen molar-refractivity contribution < 1.29 is 29.1 Å². The summed E-state index contributed by atoms with van der Waals surface area (Å²) in [6.07, 6.45) is 3.67. The second-order valence-electron chi connectivity index (χ2n) is 12.3. The first kappa shape index (κ1) is 39.0. The lowest BCUT2D eigenvalue weighted by Crippen LogP contribution is -2.63. The van der Waals surface area contributed by atoms with E-state index in [2.05, 4.69) is 5.32 Å². The Morgan fingerprint density at radius 1 is 0.810 bits per heavy atom. The molecule has 5 amide bonds. The van der Waals surface area contributed by atoms with Crippen molar-refractivity contribution in [2.75, 3.05) is 35.2 Å². The number of nitrogens with zero attached hydrogens (tertiary/aromatic N) is 4. The third-order valence-electron chi connectivity index (χ3n) is 7.74. The number of rotatable bonds is 16. The minimum Gasteiger partial charge on any atom is -0.390 e. The largest absolute Gasteiger partial charge is 0.390 e. The van der Waals surface area contributed by atoms with Crippen molar-refractivity contribution in [3.05, 3.63) is 12.2 Å². The molecule has 0 fully saturated rings. The molecule has 0 aliphatic carbocycles. The van der Waals surface area contributed by atoms with E-state index in [1.54, 1.807) is 48.8 Å². The van der Waals surface area contributed by atoms with Crippen molar-refractivity contribution in [3.63, 3.8) is 0 Å². The lowest BCUT2D eigenvalue weighted by molar-refractivity contribution is -0.156. The SMILES string of the molecule is C/C=C/C[C@@H](C)[C@@H](O)[C@@H](C(=O)NC(CC)C(=O)N(C)C)N(C)C(=O)[C@H](C(C)C)N(C)C(=O)[C@H](CC(C)C)N(C)C(C)=O. The number of amides is 5. The summed E-state index contributed by atoms with van der Waals surface area (Å²) in [6.45, 7) is 14.3. The number of hydrogen-bond acceptors (Lipinski definition) is 6. The summed E-state index contributed by atoms with van der Waals surface area (Å²) in [5, 5.41) is 14.1. The number of nitrogens with one attached hydrogen (secondary N) is 1. The predicted octanol–water partition coefficient (Wildman–Crippen LogP) is 2.14. The van der Waals surface area contributed by atoms with Crippen LogP contribution in [0.15, 0.2) is 12.2 Å². The van der Waals surface area contributed by atoms with Crippen molar-refractivity contribution in [1.29, 1.82) is 0 Å². The van der Waals surface area contributed by atoms with Gasteiger partial charge >= 0.3 is 0 Å². The highest BCUT2D eigenvalue weighted by molar-refractivity contribution is 5.95. The van der Waals surface area contributed by atoms with Crippen LogP contribution >= 0.6 is 0 Å². The molecule has 6 atom stereocenters. The van der Waals surface area contributed by atoms with Gasteiger partial charge in [-0.2, -0.15) is 0 Å². The Morgan fingerprint density at radius 3 is 1.74 bits per heavy atom. The summed E-state index contributed by atoms with van der Waals surface area (Å²) in [5.41, 5.74) is 0. The first-order valence-corrected chi connectivity index (χ1v) is 14.9. The molecule has 0 radical (unpaired) electrons. The number of aliphatic hydroxyl groups is 1. The average Bonchev–Trinajstić information content (AvgIpc) is 2.91. The van der Waals surface area contributed by atoms with Crippen molar-refractivity contribution in [2.24, 2.45) is 17.8 Å². The maximum Gasteiger partial charge on any atom is 0.246 e. The Labute approximate surface area is 253 Å². The van der Waals surface area contributed by atoms with Crippen LogP contribution in [0, 0.1) is 17.8 Å². The van der Waals surface area contributed by atoms with E-state index in [4.69, 9.17) is 0 Å². The van der Waals surface area contributed by atoms with Crippen LogP contribution in [0.2, 0.25) is 0 Å². The number of aliphatic hydroxyl groups excluding tert-OH is 1. The molecule has 11 heteroatoms. The minimum absolute atomic E-state index is 0.114. The van der Waals surface area contributed by atoms with Crippen LogP contribution in [0.3, 0.4) is 0 Å². The van der Waals surface area contributed by atoms with E-state index in [0.717, 1.165) is 0 Å². The van der Waals surface area contributed by atoms with Gasteiger partial charge in [-0.05, 0) is 43.9 Å². The Balaban J connectivity index is 6.59. The van der Waals surface area contributed by atoms with Crippen LogP contribution in [0.1, 0.15) is 74.7 Å². The van der Waals surface area contributed by atoms with Crippen LogP contribution in [-0.2, 0) is 24.0 Å². The van der Waals surface area contributed by atoms with Crippen molar-refractivity contribution in [2.45, 2.75) is 105 Å². The zero-order valence-corrected chi connectivity index (χ0v) is 28.2. The smallest absolute Gasteiger partial charge is 0.246 e. The summed E-state index contributed by atoms with van der Waals surface area (Å²) in [4.78, 5) is 71.8. The van der Waals surface area contributed by atoms with Crippen LogP contribution in [0.5, 0.6) is 0 Å². The van der Waals surface area contributed by atoms with Crippen molar-refractivity contribution in [3.8, 4) is 0 Å². The van der Waals surface area contributed by atoms with Crippen LogP contribution in [0.25, 0.3) is 0 Å². The fraction of sp³-hybridized carbons (Fsp3) is 0.774. The molecular weight excluding hydrogens is 538 g/mol. The molecule has 0 heterocycles. The fourth-order valence-corrected chi connectivity index (χ4v) is 4.98. The van der Waals surface area contributed by atoms with E-state index in [9.17, 15) is 29.1 Å². The second kappa shape index (κ2) is 17.9. The molecule has 42 heavy (non-hydrogen) atoms. The van der Waals surface area contributed by atoms with Gasteiger partial charge in [-0.1, -0.05) is 53.7 Å². The zero-order valence-electron chi connectivity index (χ0n) is 28.2. The summed E-state index contributed by atoms with van der Waals surface area (Å²) >= 11 is 0. The van der Waals surface area contributed by atoms with E-state index in [0.29, 0.717) is 19.3 Å². The molecule has 0 aliphatic rings. The molecule has 2 N–H and O–H groups in total. The molecule has 0 aromatic rings. The highest BCUT2D eigenvalue weighted by Gasteiger charge is 2.43. The first-order chi connectivity index (χ1) is 19.3. The van der Waals surface area contributed by atoms with Crippen LogP contribution < -0.4 is 5.32 Å². The molecule has 0 saturated carbocycles. The number of hydrogen-bond donors (Lipinski definition) is 2. The molecule has 0 spiro atoms. The molecule has 0 aromatic carbocycles. The molecule has 0 saturated heterocycles. The van der Waals surface area contributed by atoms with Gasteiger partial charge in [0.25, 0.3) is 0 Å². The second-order valence-corrected chi connectivity index (χ2v) is 12.3. The van der Waals surface area contributed by atoms with Gasteiger partial charge in [0.15, 0.2) is 0 Å². The van der Waals surface area contributed by atoms with Gasteiger partial charge in [-0.15, -0.1) is 0 Å². The Morgan fingerprint density at radius 2 is 1.33 bits per heavy atom. The standard InChI is InChI=1S/C31H57N5O6/c1-14-16-17-21(7)27(38)26(28(39)32-23(15-2)29(40)33(9)10)36(13)31(42)25(20(5)6)35(12)30(41)24(18-19(3)4)34(11)22(8)37/h14,16,19-21,23-27,38H,15,17-18H2,1-13H3,(H,32,39)/b16-14+/t21-,23?,24+,25+,26+,27-/m1/s1. The zero-order chi connectivity index (χ0) is 33.1. The van der Waals surface area contributed by atoms with Gasteiger partial charge in [-0.3, -0.25) is 24.0 Å². The molecule has 0 aromatic heterocycles. The number of allylic oxidation sites excluding steroid dienone is 2. The fourth-order valence-electron chi connectivity index (χ4n) is 4.98. The van der Waals surface area contributed by atoms with Crippen LogP contribution in [0.4, 0.5) is 0 Å². The maximum atomic E-state index is 14.1. The summed E-state index contributed by atoms with van der Waals surface area (Å²) in [7, 11) is 7.72. The van der Waals surface area contributed by atoms with Gasteiger partial charge in [0.05, 0.1) is 6.10 Å². The topological polar surface area (TPSA) is 131 Å². The summed E-state index contributed by atoms with van der Waals surface area (Å²) in [5.74, 6) is -2.76. The van der Waals surface area contributed by atoms with Gasteiger partial charge in [0.2, 0.25) is 29.5 Å². The summed E-state index contributed by atoms with van der Waals surface area (Å²) < 4.78 is 0. The third-order valence-corrected chi connectivity index (χ3v) is 7.74.